The third-order valence-corrected chi connectivity index (χ3v) is 8.19. The molecule has 1 aromatic carbocycles. The van der Waals surface area contributed by atoms with Crippen molar-refractivity contribution in [3.05, 3.63) is 47.4 Å². The van der Waals surface area contributed by atoms with Gasteiger partial charge in [-0.1, -0.05) is 12.5 Å². The van der Waals surface area contributed by atoms with Crippen LogP contribution in [0.2, 0.25) is 0 Å². The average Bonchev–Trinajstić information content (AvgIpc) is 3.65. The fourth-order valence-corrected chi connectivity index (χ4v) is 6.12. The zero-order valence-corrected chi connectivity index (χ0v) is 21.9. The smallest absolute Gasteiger partial charge is 0.414 e. The predicted molar refractivity (Wildman–Crippen MR) is 142 cm³/mol. The molecule has 0 spiro atoms. The number of hydrogen-bond donors (Lipinski definition) is 1. The van der Waals surface area contributed by atoms with E-state index in [1.54, 1.807) is 4.90 Å². The maximum absolute atomic E-state index is 12.7. The Labute approximate surface area is 221 Å². The van der Waals surface area contributed by atoms with Crippen molar-refractivity contribution in [1.82, 2.24) is 14.5 Å². The maximum atomic E-state index is 12.7. The summed E-state index contributed by atoms with van der Waals surface area (Å²) in [5.74, 6) is 0.410. The molecule has 1 unspecified atom stereocenters. The molecule has 3 atom stereocenters. The molecule has 2 saturated carbocycles. The molecule has 38 heavy (non-hydrogen) atoms. The first-order valence-electron chi connectivity index (χ1n) is 13.7. The second kappa shape index (κ2) is 9.93. The van der Waals surface area contributed by atoms with Crippen LogP contribution in [0.5, 0.6) is 5.88 Å². The van der Waals surface area contributed by atoms with Crippen LogP contribution in [0.4, 0.5) is 10.5 Å². The van der Waals surface area contributed by atoms with Gasteiger partial charge in [-0.2, -0.15) is 0 Å². The van der Waals surface area contributed by atoms with Crippen LogP contribution in [0.15, 0.2) is 30.3 Å². The molecule has 1 amide bonds. The highest BCUT2D eigenvalue weighted by Gasteiger charge is 2.34. The van der Waals surface area contributed by atoms with Gasteiger partial charge in [0.05, 0.1) is 35.4 Å². The van der Waals surface area contributed by atoms with Gasteiger partial charge in [0, 0.05) is 30.1 Å². The van der Waals surface area contributed by atoms with Crippen LogP contribution in [0.3, 0.4) is 0 Å². The van der Waals surface area contributed by atoms with Crippen molar-refractivity contribution in [2.75, 3.05) is 12.0 Å². The number of pyridine rings is 1. The molecule has 1 aliphatic heterocycles. The number of hydrogen-bond acceptors (Lipinski definition) is 6. The fourth-order valence-electron chi connectivity index (χ4n) is 6.12. The Morgan fingerprint density at radius 1 is 1.08 bits per heavy atom. The molecule has 2 fully saturated rings. The number of ether oxygens (including phenoxy) is 2. The van der Waals surface area contributed by atoms with Gasteiger partial charge in [0.15, 0.2) is 0 Å². The summed E-state index contributed by atoms with van der Waals surface area (Å²) in [6.45, 7) is 2.03. The summed E-state index contributed by atoms with van der Waals surface area (Å²) < 4.78 is 13.3. The van der Waals surface area contributed by atoms with Gasteiger partial charge in [-0.3, -0.25) is 9.69 Å². The minimum Gasteiger partial charge on any atom is -0.481 e. The lowest BCUT2D eigenvalue weighted by molar-refractivity contribution is -0.143. The largest absolute Gasteiger partial charge is 0.481 e. The normalized spacial score (nSPS) is 23.2. The van der Waals surface area contributed by atoms with Gasteiger partial charge in [0.25, 0.3) is 0 Å². The number of benzene rings is 1. The summed E-state index contributed by atoms with van der Waals surface area (Å²) in [5.41, 5.74) is 4.60. The molecule has 2 aromatic heterocycles. The van der Waals surface area contributed by atoms with E-state index >= 15 is 0 Å². The van der Waals surface area contributed by atoms with Gasteiger partial charge >= 0.3 is 12.1 Å². The molecule has 200 valence electrons. The van der Waals surface area contributed by atoms with Gasteiger partial charge in [0.2, 0.25) is 5.88 Å². The van der Waals surface area contributed by atoms with Crippen molar-refractivity contribution >= 4 is 28.8 Å². The Kier molecular flexibility index (Phi) is 6.45. The predicted octanol–water partition coefficient (Wildman–Crippen LogP) is 5.29. The summed E-state index contributed by atoms with van der Waals surface area (Å²) in [5, 5.41) is 9.77. The third kappa shape index (κ3) is 4.59. The minimum absolute atomic E-state index is 0.0297. The quantitative estimate of drug-likeness (QED) is 0.473. The molecule has 1 N–H and O–H groups in total. The first-order valence-corrected chi connectivity index (χ1v) is 13.7. The lowest BCUT2D eigenvalue weighted by atomic mass is 9.85. The number of carboxylic acids is 1. The van der Waals surface area contributed by atoms with Crippen LogP contribution in [0.25, 0.3) is 11.0 Å². The summed E-state index contributed by atoms with van der Waals surface area (Å²) in [7, 11) is 1.41. The van der Waals surface area contributed by atoms with E-state index in [0.29, 0.717) is 25.1 Å². The number of methoxy groups -OCH3 is 1. The molecular formula is C29H34N4O5. The Morgan fingerprint density at radius 2 is 1.92 bits per heavy atom. The molecule has 3 aromatic rings. The van der Waals surface area contributed by atoms with Crippen LogP contribution in [0.1, 0.15) is 75.0 Å². The number of aliphatic carboxylic acids is 1. The number of carboxylic acid groups (broad SMARTS) is 1. The van der Waals surface area contributed by atoms with E-state index in [0.717, 1.165) is 72.3 Å². The van der Waals surface area contributed by atoms with Crippen LogP contribution < -0.4 is 9.64 Å². The molecular weight excluding hydrogens is 484 g/mol. The molecule has 3 aliphatic rings. The van der Waals surface area contributed by atoms with E-state index in [1.807, 2.05) is 37.3 Å². The fraction of sp³-hybridized carbons (Fsp3) is 0.517. The van der Waals surface area contributed by atoms with Gasteiger partial charge in [0.1, 0.15) is 11.9 Å². The zero-order valence-electron chi connectivity index (χ0n) is 21.9. The monoisotopic (exact) mass is 518 g/mol. The first kappa shape index (κ1) is 24.7. The first-order chi connectivity index (χ1) is 18.4. The summed E-state index contributed by atoms with van der Waals surface area (Å²) in [6.07, 6.45) is 7.23. The lowest BCUT2D eigenvalue weighted by Crippen LogP contribution is -2.42. The van der Waals surface area contributed by atoms with Crippen LogP contribution in [-0.2, 0) is 22.4 Å². The highest BCUT2D eigenvalue weighted by atomic mass is 16.5. The van der Waals surface area contributed by atoms with Gasteiger partial charge in [-0.05, 0) is 70.1 Å². The van der Waals surface area contributed by atoms with E-state index < -0.39 is 5.97 Å². The molecule has 9 heteroatoms. The van der Waals surface area contributed by atoms with E-state index in [2.05, 4.69) is 4.57 Å². The Balaban J connectivity index is 1.45. The van der Waals surface area contributed by atoms with Crippen molar-refractivity contribution in [1.29, 1.82) is 0 Å². The third-order valence-electron chi connectivity index (χ3n) is 8.19. The minimum atomic E-state index is -0.729. The van der Waals surface area contributed by atoms with Crippen molar-refractivity contribution in [3.8, 4) is 5.88 Å². The molecule has 2 aliphatic carbocycles. The van der Waals surface area contributed by atoms with E-state index in [9.17, 15) is 14.7 Å². The number of anilines is 1. The van der Waals surface area contributed by atoms with Crippen LogP contribution in [-0.4, -0.2) is 51.0 Å². The standard InChI is InChI=1S/C29H34N4O5/c1-17-9-12-22-23(32(17)29(36)37-2)13-14-24-27(22)31-25(33(24)20-7-3-5-18(15-20)28(34)35)16-19-6-4-8-26(30-19)38-21-10-11-21/h4,6,8,13-14,17-18,20-21H,3,5,7,9-12,15-16H2,1-2H3,(H,34,35)/t17?,18-,20-/m1/s1. The van der Waals surface area contributed by atoms with Crippen molar-refractivity contribution in [2.24, 2.45) is 5.92 Å². The average molecular weight is 519 g/mol. The molecule has 3 heterocycles. The van der Waals surface area contributed by atoms with E-state index in [1.165, 1.54) is 7.11 Å². The number of imidazole rings is 1. The number of aromatic nitrogens is 3. The van der Waals surface area contributed by atoms with Crippen molar-refractivity contribution in [2.45, 2.75) is 82.9 Å². The van der Waals surface area contributed by atoms with E-state index in [4.69, 9.17) is 19.4 Å². The van der Waals surface area contributed by atoms with Crippen LogP contribution in [0, 0.1) is 5.92 Å². The summed E-state index contributed by atoms with van der Waals surface area (Å²) in [6, 6.07) is 9.93. The van der Waals surface area contributed by atoms with E-state index in [-0.39, 0.29) is 30.2 Å². The van der Waals surface area contributed by atoms with Gasteiger partial charge in [-0.25, -0.2) is 14.8 Å². The number of aryl methyl sites for hydroxylation is 1. The topological polar surface area (TPSA) is 107 Å². The highest BCUT2D eigenvalue weighted by molar-refractivity contribution is 5.95. The number of carbonyl (C=O) groups is 2. The summed E-state index contributed by atoms with van der Waals surface area (Å²) in [4.78, 5) is 36.2. The second-order valence-electron chi connectivity index (χ2n) is 10.9. The Morgan fingerprint density at radius 3 is 2.68 bits per heavy atom. The van der Waals surface area contributed by atoms with Crippen molar-refractivity contribution < 1.29 is 24.2 Å². The lowest BCUT2D eigenvalue weighted by Gasteiger charge is -2.34. The summed E-state index contributed by atoms with van der Waals surface area (Å²) >= 11 is 0. The van der Waals surface area contributed by atoms with Crippen LogP contribution >= 0.6 is 0 Å². The molecule has 0 radical (unpaired) electrons. The number of carbonyl (C=O) groups excluding carboxylic acids is 1. The molecule has 9 nitrogen and oxygen atoms in total. The van der Waals surface area contributed by atoms with Crippen molar-refractivity contribution in [3.63, 3.8) is 0 Å². The Hall–Kier alpha value is -3.62. The highest BCUT2D eigenvalue weighted by Crippen LogP contribution is 2.41. The zero-order chi connectivity index (χ0) is 26.4. The number of rotatable bonds is 6. The maximum Gasteiger partial charge on any atom is 0.414 e. The second-order valence-corrected chi connectivity index (χ2v) is 10.9. The Bertz CT molecular complexity index is 1380. The number of amides is 1. The van der Waals surface area contributed by atoms with Gasteiger partial charge < -0.3 is 19.1 Å². The SMILES string of the molecule is COC(=O)N1c2ccc3c(nc(Cc4cccc(OC5CC5)n4)n3[C@@H]3CCC[C@@H](C(=O)O)C3)c2CCC1C. The van der Waals surface area contributed by atoms with Gasteiger partial charge in [-0.15, -0.1) is 0 Å². The number of fused-ring (bicyclic) bond motifs is 3. The number of nitrogens with zero attached hydrogens (tertiary/aromatic N) is 4. The molecule has 0 saturated heterocycles. The molecule has 0 bridgehead atoms. The molecule has 6 rings (SSSR count).